The van der Waals surface area contributed by atoms with Gasteiger partial charge in [-0.25, -0.2) is 4.57 Å². The molecule has 356 valence electrons. The number of ether oxygens (including phenoxy) is 2. The minimum absolute atomic E-state index is 0.00822. The molecule has 0 amide bonds. The molecule has 0 aliphatic heterocycles. The first-order valence-corrected chi connectivity index (χ1v) is 24.5. The highest BCUT2D eigenvalue weighted by atomic mass is 31.2. The summed E-state index contributed by atoms with van der Waals surface area (Å²) in [6.07, 6.45) is 26.9. The van der Waals surface area contributed by atoms with E-state index < -0.39 is 75.7 Å². The number of ketones is 1. The highest BCUT2D eigenvalue weighted by Crippen LogP contribution is 2.47. The van der Waals surface area contributed by atoms with Crippen LogP contribution >= 0.6 is 7.82 Å². The predicted octanol–water partition coefficient (Wildman–Crippen LogP) is 8.12. The molecular weight excluding hydrogens is 819 g/mol. The van der Waals surface area contributed by atoms with E-state index in [1.54, 1.807) is 12.2 Å². The van der Waals surface area contributed by atoms with E-state index in [2.05, 4.69) is 26.0 Å². The van der Waals surface area contributed by atoms with E-state index in [1.165, 1.54) is 38.5 Å². The number of unbranched alkanes of at least 4 members (excludes halogenated alkanes) is 14. The largest absolute Gasteiger partial charge is 0.472 e. The molecule has 8 atom stereocenters. The van der Waals surface area contributed by atoms with Gasteiger partial charge in [0, 0.05) is 19.3 Å². The predicted molar refractivity (Wildman–Crippen MR) is 240 cm³/mol. The van der Waals surface area contributed by atoms with Crippen LogP contribution in [0.25, 0.3) is 0 Å². The molecule has 3 unspecified atom stereocenters. The van der Waals surface area contributed by atoms with Crippen molar-refractivity contribution < 1.29 is 67.9 Å². The summed E-state index contributed by atoms with van der Waals surface area (Å²) in [5.41, 5.74) is 0. The summed E-state index contributed by atoms with van der Waals surface area (Å²) in [5.74, 6) is -1.07. The van der Waals surface area contributed by atoms with E-state index in [4.69, 9.17) is 18.5 Å². The average molecular weight is 899 g/mol. The molecule has 0 aromatic carbocycles. The van der Waals surface area contributed by atoms with Crippen LogP contribution in [0.5, 0.6) is 0 Å². The lowest BCUT2D eigenvalue weighted by Gasteiger charge is -2.41. The van der Waals surface area contributed by atoms with Gasteiger partial charge in [-0.2, -0.15) is 0 Å². The van der Waals surface area contributed by atoms with Crippen LogP contribution in [0, 0.1) is 0 Å². The summed E-state index contributed by atoms with van der Waals surface area (Å²) in [7, 11) is -5.15. The lowest BCUT2D eigenvalue weighted by Crippen LogP contribution is -2.64. The molecule has 0 aromatic rings. The van der Waals surface area contributed by atoms with E-state index >= 15 is 0 Å². The van der Waals surface area contributed by atoms with Crippen LogP contribution in [0.1, 0.15) is 162 Å². The molecule has 1 aliphatic carbocycles. The van der Waals surface area contributed by atoms with Crippen molar-refractivity contribution in [3.05, 3.63) is 60.8 Å². The Morgan fingerprint density at radius 2 is 1.03 bits per heavy atom. The zero-order valence-corrected chi connectivity index (χ0v) is 38.3. The van der Waals surface area contributed by atoms with Gasteiger partial charge in [-0.15, -0.1) is 0 Å². The van der Waals surface area contributed by atoms with Crippen molar-refractivity contribution in [2.45, 2.75) is 204 Å². The maximum atomic E-state index is 12.8. The lowest BCUT2D eigenvalue weighted by molar-refractivity contribution is -0.220. The summed E-state index contributed by atoms with van der Waals surface area (Å²) in [6.45, 7) is 3.06. The van der Waals surface area contributed by atoms with Crippen molar-refractivity contribution in [3.63, 3.8) is 0 Å². The standard InChI is InChI=1S/C47H79O14P/c1-3-5-7-8-9-10-11-12-13-14-17-20-23-26-30-34-40(49)58-36-39(37-59-62(56,57)61-47-45(54)43(52)42(51)44(53)46(47)55)60-41(50)35-31-27-24-21-18-15-16-19-22-25-29-33-38(48)32-28-6-4-2/h10-11,15-16,21-22,24-25,29,33,39,42-47,51-55H,3-9,12-14,17-20,23,26-28,30-32,34-37H2,1-2H3,(H,56,57)/b11-10-,16-15-,24-21-,25-22-,33-29+/t39-,42?,43-,44+,45-,46-,47?/m1/s1. The van der Waals surface area contributed by atoms with Crippen LogP contribution in [0.15, 0.2) is 60.8 Å². The number of aliphatic hydroxyl groups excluding tert-OH is 5. The molecule has 62 heavy (non-hydrogen) atoms. The molecule has 0 radical (unpaired) electrons. The molecule has 0 spiro atoms. The fourth-order valence-corrected chi connectivity index (χ4v) is 7.50. The van der Waals surface area contributed by atoms with Crippen LogP contribution in [0.3, 0.4) is 0 Å². The number of rotatable bonds is 37. The first-order valence-electron chi connectivity index (χ1n) is 23.0. The van der Waals surface area contributed by atoms with E-state index in [9.17, 15) is 49.4 Å². The SMILES string of the molecule is CCCCCC/C=C\CCCCCCCCCC(=O)OC[C@H](COP(=O)(O)OC1[C@H](O)[C@H](O)C(O)[C@H](O)[C@H]1O)OC(=O)CCC/C=C\C/C=C\C/C=C\C=C\C(=O)CCCCC. The van der Waals surface area contributed by atoms with Crippen LogP contribution in [-0.2, 0) is 37.5 Å². The number of allylic oxidation sites excluding steroid dienone is 10. The second kappa shape index (κ2) is 36.5. The molecule has 1 fully saturated rings. The molecule has 1 aliphatic rings. The Bertz CT molecular complexity index is 1380. The van der Waals surface area contributed by atoms with Gasteiger partial charge < -0.3 is 39.9 Å². The third-order valence-corrected chi connectivity index (χ3v) is 11.3. The molecule has 0 saturated heterocycles. The Kier molecular flexibility index (Phi) is 33.7. The van der Waals surface area contributed by atoms with E-state index in [0.717, 1.165) is 64.2 Å². The molecule has 15 heteroatoms. The minimum atomic E-state index is -5.15. The Labute approximate surface area is 370 Å². The highest BCUT2D eigenvalue weighted by molar-refractivity contribution is 7.47. The molecular formula is C47H79O14P. The number of carbonyl (C=O) groups is 3. The minimum Gasteiger partial charge on any atom is -0.462 e. The van der Waals surface area contributed by atoms with Gasteiger partial charge in [0.05, 0.1) is 6.61 Å². The Morgan fingerprint density at radius 1 is 0.548 bits per heavy atom. The second-order valence-corrected chi connectivity index (χ2v) is 17.3. The van der Waals surface area contributed by atoms with Gasteiger partial charge in [-0.3, -0.25) is 23.4 Å². The van der Waals surface area contributed by atoms with Crippen molar-refractivity contribution in [1.29, 1.82) is 0 Å². The first-order chi connectivity index (χ1) is 29.8. The third-order valence-electron chi connectivity index (χ3n) is 10.3. The monoisotopic (exact) mass is 899 g/mol. The smallest absolute Gasteiger partial charge is 0.462 e. The van der Waals surface area contributed by atoms with Crippen LogP contribution < -0.4 is 0 Å². The number of phosphoric ester groups is 1. The number of hydrogen-bond acceptors (Lipinski definition) is 13. The quantitative estimate of drug-likeness (QED) is 0.00865. The fraction of sp³-hybridized carbons (Fsp3) is 0.723. The van der Waals surface area contributed by atoms with Crippen LogP contribution in [-0.4, -0.2) is 104 Å². The molecule has 14 nitrogen and oxygen atoms in total. The van der Waals surface area contributed by atoms with Crippen molar-refractivity contribution in [3.8, 4) is 0 Å². The van der Waals surface area contributed by atoms with Gasteiger partial charge in [0.1, 0.15) is 43.2 Å². The van der Waals surface area contributed by atoms with Crippen LogP contribution in [0.2, 0.25) is 0 Å². The lowest BCUT2D eigenvalue weighted by atomic mass is 9.85. The Morgan fingerprint density at radius 3 is 1.68 bits per heavy atom. The topological polar surface area (TPSA) is 227 Å². The molecule has 0 heterocycles. The number of esters is 2. The van der Waals surface area contributed by atoms with Crippen LogP contribution in [0.4, 0.5) is 0 Å². The average Bonchev–Trinajstić information content (AvgIpc) is 3.25. The summed E-state index contributed by atoms with van der Waals surface area (Å²) in [4.78, 5) is 47.4. The van der Waals surface area contributed by atoms with Crippen molar-refractivity contribution in [1.82, 2.24) is 0 Å². The Balaban J connectivity index is 2.53. The summed E-state index contributed by atoms with van der Waals surface area (Å²) in [5, 5.41) is 50.1. The summed E-state index contributed by atoms with van der Waals surface area (Å²) >= 11 is 0. The zero-order valence-electron chi connectivity index (χ0n) is 37.4. The van der Waals surface area contributed by atoms with Gasteiger partial charge in [-0.1, -0.05) is 133 Å². The first kappa shape index (κ1) is 57.2. The van der Waals surface area contributed by atoms with Gasteiger partial charge in [0.2, 0.25) is 0 Å². The number of phosphoric acid groups is 1. The van der Waals surface area contributed by atoms with Gasteiger partial charge in [0.25, 0.3) is 0 Å². The molecule has 1 saturated carbocycles. The number of aliphatic hydroxyl groups is 5. The Hall–Kier alpha value is -2.78. The maximum Gasteiger partial charge on any atom is 0.472 e. The summed E-state index contributed by atoms with van der Waals surface area (Å²) < 4.78 is 33.4. The van der Waals surface area contributed by atoms with Crippen molar-refractivity contribution >= 4 is 25.5 Å². The number of hydrogen-bond donors (Lipinski definition) is 6. The molecule has 6 N–H and O–H groups in total. The third kappa shape index (κ3) is 28.8. The van der Waals surface area contributed by atoms with E-state index in [-0.39, 0.29) is 18.6 Å². The fourth-order valence-electron chi connectivity index (χ4n) is 6.52. The van der Waals surface area contributed by atoms with Crippen molar-refractivity contribution in [2.75, 3.05) is 13.2 Å². The van der Waals surface area contributed by atoms with E-state index in [0.29, 0.717) is 32.1 Å². The van der Waals surface area contributed by atoms with Gasteiger partial charge in [-0.05, 0) is 70.3 Å². The molecule has 1 rings (SSSR count). The highest BCUT2D eigenvalue weighted by Gasteiger charge is 2.51. The van der Waals surface area contributed by atoms with Gasteiger partial charge in [0.15, 0.2) is 11.9 Å². The number of carbonyl (C=O) groups excluding carboxylic acids is 3. The maximum absolute atomic E-state index is 12.8. The van der Waals surface area contributed by atoms with E-state index in [1.807, 2.05) is 36.5 Å². The molecule has 0 bridgehead atoms. The second-order valence-electron chi connectivity index (χ2n) is 15.9. The normalized spacial score (nSPS) is 22.3. The van der Waals surface area contributed by atoms with Crippen molar-refractivity contribution in [2.24, 2.45) is 0 Å². The summed E-state index contributed by atoms with van der Waals surface area (Å²) in [6, 6.07) is 0. The molecule has 0 aromatic heterocycles. The van der Waals surface area contributed by atoms with Gasteiger partial charge >= 0.3 is 19.8 Å². The zero-order chi connectivity index (χ0) is 45.9.